The summed E-state index contributed by atoms with van der Waals surface area (Å²) in [6.07, 6.45) is 10.8. The van der Waals surface area contributed by atoms with Gasteiger partial charge in [0, 0.05) is 23.8 Å². The van der Waals surface area contributed by atoms with Gasteiger partial charge in [-0.1, -0.05) is 83.9 Å². The van der Waals surface area contributed by atoms with Crippen LogP contribution in [0, 0.1) is 6.07 Å². The van der Waals surface area contributed by atoms with E-state index in [0.29, 0.717) is 117 Å². The van der Waals surface area contributed by atoms with Crippen LogP contribution in [0.15, 0.2) is 181 Å². The van der Waals surface area contributed by atoms with Crippen LogP contribution < -0.4 is 18.9 Å². The van der Waals surface area contributed by atoms with Crippen LogP contribution >= 0.6 is 0 Å². The van der Waals surface area contributed by atoms with Gasteiger partial charge < -0.3 is 60.0 Å². The number of hydrogen-bond acceptors (Lipinski definition) is 16. The van der Waals surface area contributed by atoms with Gasteiger partial charge in [0.05, 0.1) is 128 Å². The largest absolute Gasteiger partial charge is 2.00 e. The number of aromatic nitrogens is 5. The van der Waals surface area contributed by atoms with Crippen LogP contribution in [0.2, 0.25) is 0 Å². The molecule has 0 N–H and O–H groups in total. The monoisotopic (exact) mass is 1350 g/mol. The molecule has 10 aliphatic heterocycles. The fraction of sp³-hybridized carbons (Fsp3) is 0.290. The molecule has 17 heteroatoms. The molecule has 0 aliphatic carbocycles. The van der Waals surface area contributed by atoms with E-state index in [1.807, 2.05) is 109 Å². The van der Waals surface area contributed by atoms with Crippen molar-refractivity contribution in [3.63, 3.8) is 0 Å². The predicted molar refractivity (Wildman–Crippen MR) is 329 cm³/mol. The van der Waals surface area contributed by atoms with Gasteiger partial charge >= 0.3 is 21.1 Å². The Hall–Kier alpha value is -7.50. The Bertz CT molecular complexity index is 3210. The summed E-state index contributed by atoms with van der Waals surface area (Å²) in [5.74, 6) is 3.05. The van der Waals surface area contributed by atoms with Crippen LogP contribution in [0.3, 0.4) is 0 Å². The number of ether oxygens (including phenoxy) is 10. The molecule has 0 spiro atoms. The number of benzene rings is 4. The first-order valence-corrected chi connectivity index (χ1v) is 29.3. The van der Waals surface area contributed by atoms with Crippen molar-refractivity contribution in [2.75, 3.05) is 106 Å². The fourth-order valence-corrected chi connectivity index (χ4v) is 9.58. The van der Waals surface area contributed by atoms with E-state index in [0.717, 1.165) is 110 Å². The topological polar surface area (TPSA) is 157 Å². The van der Waals surface area contributed by atoms with Crippen LogP contribution in [-0.4, -0.2) is 131 Å². The van der Waals surface area contributed by atoms with E-state index in [9.17, 15) is 0 Å². The number of rotatable bonds is 0. The molecule has 15 heterocycles. The van der Waals surface area contributed by atoms with Crippen molar-refractivity contribution < 1.29 is 68.4 Å². The van der Waals surface area contributed by atoms with E-state index in [4.69, 9.17) is 74.9 Å². The molecule has 0 radical (unpaired) electrons. The molecule has 15 nitrogen and oxygen atoms in total. The zero-order chi connectivity index (χ0) is 57.9. The summed E-state index contributed by atoms with van der Waals surface area (Å²) in [5, 5.41) is 0. The van der Waals surface area contributed by atoms with Crippen LogP contribution in [0.25, 0.3) is 67.5 Å². The molecule has 10 aliphatic rings. The molecule has 0 atom stereocenters. The van der Waals surface area contributed by atoms with Gasteiger partial charge in [0.15, 0.2) is 0 Å². The molecule has 5 aromatic heterocycles. The Kier molecular flexibility index (Phi) is 25.3. The van der Waals surface area contributed by atoms with Gasteiger partial charge in [-0.25, -0.2) is 4.98 Å². The van der Waals surface area contributed by atoms with Gasteiger partial charge in [0.2, 0.25) is 0 Å². The first kappa shape index (κ1) is 63.0. The van der Waals surface area contributed by atoms with Gasteiger partial charge in [0.25, 0.3) is 0 Å². The maximum atomic E-state index is 6.06. The molecule has 19 rings (SSSR count). The normalized spacial score (nSPS) is 15.3. The summed E-state index contributed by atoms with van der Waals surface area (Å²) in [6.45, 7) is 8.06. The maximum Gasteiger partial charge on any atom is 2.00 e. The van der Waals surface area contributed by atoms with Gasteiger partial charge in [-0.15, -0.1) is 24.3 Å². The Morgan fingerprint density at radius 1 is 0.314 bits per heavy atom. The van der Waals surface area contributed by atoms with Crippen LogP contribution in [0.5, 0.6) is 23.0 Å². The maximum absolute atomic E-state index is 6.06. The van der Waals surface area contributed by atoms with Gasteiger partial charge in [-0.2, -0.15) is 4.90 Å². The number of aryl methyl sites for hydroxylation is 2. The van der Waals surface area contributed by atoms with Crippen molar-refractivity contribution in [2.24, 2.45) is 0 Å². The minimum atomic E-state index is 0. The summed E-state index contributed by atoms with van der Waals surface area (Å²) in [5.41, 5.74) is 13.2. The summed E-state index contributed by atoms with van der Waals surface area (Å²) in [6, 6.07) is 53.8. The molecule has 86 heavy (non-hydrogen) atoms. The van der Waals surface area contributed by atoms with Crippen LogP contribution in [0.4, 0.5) is 0 Å². The van der Waals surface area contributed by atoms with E-state index in [2.05, 4.69) is 70.6 Å². The summed E-state index contributed by atoms with van der Waals surface area (Å²) >= 11 is 5.95. The number of fused-ring (bicyclic) bond motifs is 2. The molecule has 0 saturated heterocycles. The zero-order valence-corrected chi connectivity index (χ0v) is 51.0. The molecule has 0 amide bonds. The van der Waals surface area contributed by atoms with Gasteiger partial charge in [-0.3, -0.25) is 19.9 Å². The standard InChI is InChI=1S/C39H33N3O2S.C30H37N2O8.Pt/c45-39-33-7-1-8-34(39)30-15-19-32(20-16-30)44-24-4-6-28-12-22-36(41-26-28)38-10-2-9-37(42-38)35-21-11-27(25-40-35)5-3-23-43-31-17-13-29(33)14-18-31;1-2-25-22-26(3-1)30-7-5-28(24-32-30)40-21-19-38-17-15-36-13-11-34-9-8-33-10-12-35-14-16-37-18-20-39-27-4-6-29(25)31-23-27;/h1-2,7-22,25-26,45H,3-6,23-24H2;1-7,23-24H,8-21H2;/q;-1;+2/p-1. The van der Waals surface area contributed by atoms with E-state index in [1.54, 1.807) is 12.4 Å². The SMILES string of the molecule is [Pt+2].[S-]c1c2cccc1-c1ccc(cc1)OCCCc1ccc(nc1)-c1cccc(n1)-c1ccc(cn1)CCCOc1ccc-2cc1.[c-]1c2cccc1-c1ccc(cn1)OCCOCCOCCOCCOCCOCCOCCOc1ccc-2nc1. The van der Waals surface area contributed by atoms with Crippen molar-refractivity contribution in [3.8, 4) is 90.5 Å². The molecule has 9 aromatic rings. The first-order valence-electron chi connectivity index (χ1n) is 28.9. The zero-order valence-electron chi connectivity index (χ0n) is 47.9. The van der Waals surface area contributed by atoms with Crippen molar-refractivity contribution in [1.82, 2.24) is 24.9 Å². The predicted octanol–water partition coefficient (Wildman–Crippen LogP) is 12.3. The number of nitrogens with zero attached hydrogens (tertiary/aromatic N) is 5. The molecule has 446 valence electrons. The van der Waals surface area contributed by atoms with Crippen molar-refractivity contribution in [1.29, 1.82) is 0 Å². The Labute approximate surface area is 523 Å². The third-order valence-corrected chi connectivity index (χ3v) is 14.1. The molecule has 18 bridgehead atoms. The molecule has 0 saturated carbocycles. The second-order valence-electron chi connectivity index (χ2n) is 19.8. The van der Waals surface area contributed by atoms with Crippen LogP contribution in [0.1, 0.15) is 24.0 Å². The van der Waals surface area contributed by atoms with Gasteiger partial charge in [-0.05, 0) is 120 Å². The van der Waals surface area contributed by atoms with E-state index < -0.39 is 0 Å². The molecular weight excluding hydrogens is 1290 g/mol. The second kappa shape index (κ2) is 34.6. The molecular formula is C69H69N5O10PtS. The summed E-state index contributed by atoms with van der Waals surface area (Å²) < 4.78 is 56.7. The van der Waals surface area contributed by atoms with E-state index in [-0.39, 0.29) is 21.1 Å². The molecule has 0 fully saturated rings. The van der Waals surface area contributed by atoms with Crippen molar-refractivity contribution in [3.05, 3.63) is 194 Å². The Balaban J connectivity index is 0.000000205. The minimum absolute atomic E-state index is 0. The third-order valence-electron chi connectivity index (χ3n) is 13.7. The summed E-state index contributed by atoms with van der Waals surface area (Å²) in [4.78, 5) is 24.2. The molecule has 4 aromatic carbocycles. The second-order valence-corrected chi connectivity index (χ2v) is 20.2. The average Bonchev–Trinajstić information content (AvgIpc) is 2.50. The van der Waals surface area contributed by atoms with Crippen LogP contribution in [-0.2, 0) is 75.0 Å². The Morgan fingerprint density at radius 3 is 1.05 bits per heavy atom. The first-order chi connectivity index (χ1) is 42.1. The quantitative estimate of drug-likeness (QED) is 0.104. The number of pyridine rings is 5. The average molecular weight is 1360 g/mol. The summed E-state index contributed by atoms with van der Waals surface area (Å²) in [7, 11) is 0. The van der Waals surface area contributed by atoms with E-state index >= 15 is 0 Å². The Morgan fingerprint density at radius 2 is 0.663 bits per heavy atom. The minimum Gasteiger partial charge on any atom is -0.779 e. The van der Waals surface area contributed by atoms with E-state index in [1.165, 1.54) is 11.1 Å². The number of hydrogen-bond donors (Lipinski definition) is 0. The van der Waals surface area contributed by atoms with Crippen molar-refractivity contribution >= 4 is 12.6 Å². The van der Waals surface area contributed by atoms with Gasteiger partial charge in [0.1, 0.15) is 36.2 Å². The molecule has 0 unspecified atom stereocenters. The fourth-order valence-electron chi connectivity index (χ4n) is 9.21. The van der Waals surface area contributed by atoms with Crippen molar-refractivity contribution in [2.45, 2.75) is 30.6 Å². The smallest absolute Gasteiger partial charge is 0.779 e. The third kappa shape index (κ3) is 19.5.